The molecule has 0 unspecified atom stereocenters. The minimum Gasteiger partial charge on any atom is -0.369 e. The van der Waals surface area contributed by atoms with Crippen molar-refractivity contribution < 1.29 is 22.0 Å². The number of amides is 1. The molecule has 0 radical (unpaired) electrons. The van der Waals surface area contributed by atoms with Crippen molar-refractivity contribution in [2.24, 2.45) is 0 Å². The molecule has 1 aliphatic heterocycles. The molecule has 1 fully saturated rings. The molecule has 1 heterocycles. The molecular formula is C20H24F2N4O3S. The fourth-order valence-corrected chi connectivity index (χ4v) is 4.04. The number of piperazine rings is 1. The molecule has 2 aromatic rings. The number of nitrogens with one attached hydrogen (secondary N) is 1. The van der Waals surface area contributed by atoms with E-state index in [0.717, 1.165) is 60.6 Å². The lowest BCUT2D eigenvalue weighted by atomic mass is 10.2. The molecule has 2 aromatic carbocycles. The molecule has 1 aliphatic rings. The largest absolute Gasteiger partial charge is 0.369 e. The molecule has 162 valence electrons. The SMILES string of the molecule is CN1CCN(c2ccc(NC(=O)CN(c3ccc(F)c(F)c3)S(C)(=O)=O)cc2)CC1. The molecule has 0 saturated carbocycles. The van der Waals surface area contributed by atoms with Crippen LogP contribution in [0.5, 0.6) is 0 Å². The molecule has 0 aromatic heterocycles. The van der Waals surface area contributed by atoms with Crippen molar-refractivity contribution in [3.8, 4) is 0 Å². The van der Waals surface area contributed by atoms with E-state index in [0.29, 0.717) is 5.69 Å². The summed E-state index contributed by atoms with van der Waals surface area (Å²) >= 11 is 0. The van der Waals surface area contributed by atoms with E-state index in [1.165, 1.54) is 0 Å². The lowest BCUT2D eigenvalue weighted by Gasteiger charge is -2.34. The number of nitrogens with zero attached hydrogens (tertiary/aromatic N) is 3. The first-order valence-electron chi connectivity index (χ1n) is 9.39. The fraction of sp³-hybridized carbons (Fsp3) is 0.350. The molecular weight excluding hydrogens is 414 g/mol. The third-order valence-corrected chi connectivity index (χ3v) is 6.04. The van der Waals surface area contributed by atoms with Gasteiger partial charge in [0.2, 0.25) is 15.9 Å². The van der Waals surface area contributed by atoms with Crippen LogP contribution >= 0.6 is 0 Å². The zero-order chi connectivity index (χ0) is 21.9. The van der Waals surface area contributed by atoms with Gasteiger partial charge in [-0.15, -0.1) is 0 Å². The predicted octanol–water partition coefficient (Wildman–Crippen LogP) is 2.12. The average Bonchev–Trinajstić information content (AvgIpc) is 2.69. The summed E-state index contributed by atoms with van der Waals surface area (Å²) in [6.07, 6.45) is 0.895. The number of likely N-dealkylation sites (N-methyl/N-ethyl adjacent to an activating group) is 1. The topological polar surface area (TPSA) is 73.0 Å². The van der Waals surface area contributed by atoms with Gasteiger partial charge in [0.1, 0.15) is 6.54 Å². The van der Waals surface area contributed by atoms with Gasteiger partial charge in [-0.25, -0.2) is 17.2 Å². The van der Waals surface area contributed by atoms with E-state index >= 15 is 0 Å². The number of halogens is 2. The normalized spacial score (nSPS) is 15.1. The zero-order valence-corrected chi connectivity index (χ0v) is 17.6. The summed E-state index contributed by atoms with van der Waals surface area (Å²) in [7, 11) is -1.81. The number of rotatable bonds is 6. The van der Waals surface area contributed by atoms with Crippen LogP contribution in [0.2, 0.25) is 0 Å². The second kappa shape index (κ2) is 8.97. The smallest absolute Gasteiger partial charge is 0.245 e. The van der Waals surface area contributed by atoms with Gasteiger partial charge in [0.05, 0.1) is 11.9 Å². The highest BCUT2D eigenvalue weighted by molar-refractivity contribution is 7.92. The molecule has 0 spiro atoms. The third-order valence-electron chi connectivity index (χ3n) is 4.90. The van der Waals surface area contributed by atoms with E-state index in [1.54, 1.807) is 12.1 Å². The Bertz CT molecular complexity index is 1010. The Labute approximate surface area is 174 Å². The van der Waals surface area contributed by atoms with Gasteiger partial charge < -0.3 is 15.1 Å². The zero-order valence-electron chi connectivity index (χ0n) is 16.8. The first-order valence-corrected chi connectivity index (χ1v) is 11.2. The van der Waals surface area contributed by atoms with E-state index in [2.05, 4.69) is 22.2 Å². The maximum Gasteiger partial charge on any atom is 0.245 e. The Morgan fingerprint density at radius 1 is 1.03 bits per heavy atom. The maximum atomic E-state index is 13.5. The minimum absolute atomic E-state index is 0.128. The van der Waals surface area contributed by atoms with Gasteiger partial charge in [0.25, 0.3) is 0 Å². The number of hydrogen-bond donors (Lipinski definition) is 1. The van der Waals surface area contributed by atoms with Crippen LogP contribution in [-0.2, 0) is 14.8 Å². The maximum absolute atomic E-state index is 13.5. The number of hydrogen-bond acceptors (Lipinski definition) is 5. The predicted molar refractivity (Wildman–Crippen MR) is 113 cm³/mol. The van der Waals surface area contributed by atoms with Crippen LogP contribution < -0.4 is 14.5 Å². The molecule has 0 atom stereocenters. The van der Waals surface area contributed by atoms with Crippen molar-refractivity contribution in [1.29, 1.82) is 0 Å². The highest BCUT2D eigenvalue weighted by Gasteiger charge is 2.22. The van der Waals surface area contributed by atoms with Crippen molar-refractivity contribution in [2.75, 3.05) is 60.5 Å². The van der Waals surface area contributed by atoms with Crippen molar-refractivity contribution in [1.82, 2.24) is 4.90 Å². The van der Waals surface area contributed by atoms with E-state index in [-0.39, 0.29) is 5.69 Å². The first-order chi connectivity index (χ1) is 14.1. The number of benzene rings is 2. The van der Waals surface area contributed by atoms with Crippen LogP contribution in [0, 0.1) is 11.6 Å². The molecule has 0 bridgehead atoms. The summed E-state index contributed by atoms with van der Waals surface area (Å²) in [5.41, 5.74) is 1.43. The highest BCUT2D eigenvalue weighted by atomic mass is 32.2. The molecule has 0 aliphatic carbocycles. The second-order valence-electron chi connectivity index (χ2n) is 7.25. The average molecular weight is 439 g/mol. The van der Waals surface area contributed by atoms with Gasteiger partial charge in [0, 0.05) is 43.6 Å². The third kappa shape index (κ3) is 5.45. The Morgan fingerprint density at radius 2 is 1.67 bits per heavy atom. The summed E-state index contributed by atoms with van der Waals surface area (Å²) in [5.74, 6) is -2.89. The van der Waals surface area contributed by atoms with Gasteiger partial charge in [0.15, 0.2) is 11.6 Å². The molecule has 10 heteroatoms. The van der Waals surface area contributed by atoms with E-state index in [1.807, 2.05) is 12.1 Å². The summed E-state index contributed by atoms with van der Waals surface area (Å²) in [5, 5.41) is 2.64. The van der Waals surface area contributed by atoms with Gasteiger partial charge in [-0.1, -0.05) is 0 Å². The van der Waals surface area contributed by atoms with E-state index < -0.39 is 34.1 Å². The van der Waals surface area contributed by atoms with Crippen LogP contribution in [0.25, 0.3) is 0 Å². The fourth-order valence-electron chi connectivity index (χ4n) is 3.19. The number of anilines is 3. The summed E-state index contributed by atoms with van der Waals surface area (Å²) in [6.45, 7) is 3.22. The van der Waals surface area contributed by atoms with Crippen molar-refractivity contribution in [2.45, 2.75) is 0 Å². The van der Waals surface area contributed by atoms with Gasteiger partial charge in [-0.3, -0.25) is 9.10 Å². The molecule has 1 N–H and O–H groups in total. The van der Waals surface area contributed by atoms with Crippen molar-refractivity contribution in [3.63, 3.8) is 0 Å². The summed E-state index contributed by atoms with van der Waals surface area (Å²) in [4.78, 5) is 16.9. The number of carbonyl (C=O) groups excluding carboxylic acids is 1. The van der Waals surface area contributed by atoms with E-state index in [9.17, 15) is 22.0 Å². The van der Waals surface area contributed by atoms with Crippen molar-refractivity contribution in [3.05, 3.63) is 54.1 Å². The molecule has 1 amide bonds. The Balaban J connectivity index is 1.67. The van der Waals surface area contributed by atoms with Crippen LogP contribution in [0.15, 0.2) is 42.5 Å². The second-order valence-corrected chi connectivity index (χ2v) is 9.16. The molecule has 30 heavy (non-hydrogen) atoms. The lowest BCUT2D eigenvalue weighted by molar-refractivity contribution is -0.114. The van der Waals surface area contributed by atoms with Crippen LogP contribution in [0.3, 0.4) is 0 Å². The quantitative estimate of drug-likeness (QED) is 0.748. The Kier molecular flexibility index (Phi) is 6.57. The van der Waals surface area contributed by atoms with Crippen LogP contribution in [-0.4, -0.2) is 65.3 Å². The monoisotopic (exact) mass is 438 g/mol. The first kappa shape index (κ1) is 22.0. The Hall–Kier alpha value is -2.72. The number of carbonyl (C=O) groups is 1. The van der Waals surface area contributed by atoms with Crippen molar-refractivity contribution >= 4 is 33.0 Å². The molecule has 1 saturated heterocycles. The standard InChI is InChI=1S/C20H24F2N4O3S/c1-24-9-11-25(12-10-24)16-5-3-15(4-6-16)23-20(27)14-26(30(2,28)29)17-7-8-18(21)19(22)13-17/h3-8,13H,9-12,14H2,1-2H3,(H,23,27). The highest BCUT2D eigenvalue weighted by Crippen LogP contribution is 2.22. The molecule has 3 rings (SSSR count). The molecule has 7 nitrogen and oxygen atoms in total. The van der Waals surface area contributed by atoms with E-state index in [4.69, 9.17) is 0 Å². The lowest BCUT2D eigenvalue weighted by Crippen LogP contribution is -2.44. The van der Waals surface area contributed by atoms with Gasteiger partial charge >= 0.3 is 0 Å². The summed E-state index contributed by atoms with van der Waals surface area (Å²) < 4.78 is 51.6. The summed E-state index contributed by atoms with van der Waals surface area (Å²) in [6, 6.07) is 9.95. The number of sulfonamides is 1. The van der Waals surface area contributed by atoms with Gasteiger partial charge in [-0.05, 0) is 43.4 Å². The van der Waals surface area contributed by atoms with Crippen LogP contribution in [0.4, 0.5) is 25.8 Å². The van der Waals surface area contributed by atoms with Crippen LogP contribution in [0.1, 0.15) is 0 Å². The van der Waals surface area contributed by atoms with Gasteiger partial charge in [-0.2, -0.15) is 0 Å². The minimum atomic E-state index is -3.89. The Morgan fingerprint density at radius 3 is 2.23 bits per heavy atom.